The number of alkyl halides is 1. The number of halogens is 2. The number of rotatable bonds is 2. The molecule has 0 spiro atoms. The molecule has 14 heavy (non-hydrogen) atoms. The zero-order chi connectivity index (χ0) is 9.97. The van der Waals surface area contributed by atoms with Crippen molar-refractivity contribution in [3.05, 3.63) is 40.7 Å². The molecule has 4 heteroatoms. The van der Waals surface area contributed by atoms with E-state index in [9.17, 15) is 0 Å². The second-order valence-corrected chi connectivity index (χ2v) is 3.96. The highest BCUT2D eigenvalue weighted by Gasteiger charge is 2.04. The summed E-state index contributed by atoms with van der Waals surface area (Å²) < 4.78 is 6.43. The summed E-state index contributed by atoms with van der Waals surface area (Å²) in [6.45, 7) is 0. The van der Waals surface area contributed by atoms with Crippen LogP contribution in [0.4, 0.5) is 0 Å². The van der Waals surface area contributed by atoms with E-state index in [2.05, 4.69) is 20.9 Å². The molecular weight excluding hydrogens is 265 g/mol. The van der Waals surface area contributed by atoms with Crippen molar-refractivity contribution >= 4 is 27.5 Å². The fourth-order valence-electron chi connectivity index (χ4n) is 1.10. The SMILES string of the molecule is ClCc1cnc(-c2ccc(Br)cc2)o1. The summed E-state index contributed by atoms with van der Waals surface area (Å²) >= 11 is 8.98. The molecule has 2 nitrogen and oxygen atoms in total. The van der Waals surface area contributed by atoms with Crippen molar-refractivity contribution in [1.82, 2.24) is 4.98 Å². The molecule has 0 saturated carbocycles. The third-order valence-electron chi connectivity index (χ3n) is 1.78. The van der Waals surface area contributed by atoms with Crippen LogP contribution in [-0.4, -0.2) is 4.98 Å². The van der Waals surface area contributed by atoms with Crippen molar-refractivity contribution in [2.75, 3.05) is 0 Å². The normalized spacial score (nSPS) is 10.4. The van der Waals surface area contributed by atoms with Crippen LogP contribution in [-0.2, 0) is 5.88 Å². The molecule has 0 amide bonds. The summed E-state index contributed by atoms with van der Waals surface area (Å²) in [5, 5.41) is 0. The van der Waals surface area contributed by atoms with Gasteiger partial charge in [-0.25, -0.2) is 4.98 Å². The van der Waals surface area contributed by atoms with Crippen LogP contribution in [0, 0.1) is 0 Å². The maximum absolute atomic E-state index is 5.61. The highest BCUT2D eigenvalue weighted by Crippen LogP contribution is 2.21. The van der Waals surface area contributed by atoms with E-state index in [4.69, 9.17) is 16.0 Å². The zero-order valence-corrected chi connectivity index (χ0v) is 9.55. The Balaban J connectivity index is 2.34. The second kappa shape index (κ2) is 4.15. The minimum absolute atomic E-state index is 0.351. The molecule has 1 aromatic carbocycles. The van der Waals surface area contributed by atoms with Gasteiger partial charge in [0.25, 0.3) is 0 Å². The van der Waals surface area contributed by atoms with Gasteiger partial charge in [0.15, 0.2) is 0 Å². The molecule has 2 aromatic rings. The van der Waals surface area contributed by atoms with E-state index >= 15 is 0 Å². The van der Waals surface area contributed by atoms with E-state index in [1.54, 1.807) is 6.20 Å². The maximum atomic E-state index is 5.61. The van der Waals surface area contributed by atoms with Crippen LogP contribution in [0.15, 0.2) is 39.4 Å². The average molecular weight is 273 g/mol. The van der Waals surface area contributed by atoms with Crippen molar-refractivity contribution < 1.29 is 4.42 Å². The molecule has 0 unspecified atom stereocenters. The van der Waals surface area contributed by atoms with Crippen molar-refractivity contribution in [2.45, 2.75) is 5.88 Å². The van der Waals surface area contributed by atoms with Gasteiger partial charge >= 0.3 is 0 Å². The van der Waals surface area contributed by atoms with Gasteiger partial charge in [-0.3, -0.25) is 0 Å². The molecule has 0 aliphatic rings. The summed E-state index contributed by atoms with van der Waals surface area (Å²) in [5.41, 5.74) is 0.949. The van der Waals surface area contributed by atoms with Crippen LogP contribution in [0.5, 0.6) is 0 Å². The first-order valence-corrected chi connectivity index (χ1v) is 5.39. The first-order chi connectivity index (χ1) is 6.79. The van der Waals surface area contributed by atoms with Crippen LogP contribution in [0.3, 0.4) is 0 Å². The first kappa shape index (κ1) is 9.74. The van der Waals surface area contributed by atoms with Gasteiger partial charge in [0.1, 0.15) is 5.76 Å². The maximum Gasteiger partial charge on any atom is 0.226 e. The van der Waals surface area contributed by atoms with Crippen molar-refractivity contribution in [2.24, 2.45) is 0 Å². The molecule has 0 bridgehead atoms. The molecule has 2 rings (SSSR count). The summed E-state index contributed by atoms with van der Waals surface area (Å²) in [6.07, 6.45) is 1.64. The number of benzene rings is 1. The third-order valence-corrected chi connectivity index (χ3v) is 2.57. The second-order valence-electron chi connectivity index (χ2n) is 2.77. The quantitative estimate of drug-likeness (QED) is 0.776. The van der Waals surface area contributed by atoms with Gasteiger partial charge in [-0.15, -0.1) is 11.6 Å². The van der Waals surface area contributed by atoms with Crippen molar-refractivity contribution in [3.63, 3.8) is 0 Å². The molecule has 0 radical (unpaired) electrons. The predicted octanol–water partition coefficient (Wildman–Crippen LogP) is 3.84. The molecule has 0 saturated heterocycles. The highest BCUT2D eigenvalue weighted by molar-refractivity contribution is 9.10. The number of hydrogen-bond acceptors (Lipinski definition) is 2. The fourth-order valence-corrected chi connectivity index (χ4v) is 1.48. The van der Waals surface area contributed by atoms with Gasteiger partial charge in [-0.2, -0.15) is 0 Å². The third kappa shape index (κ3) is 1.99. The predicted molar refractivity (Wildman–Crippen MR) is 59.2 cm³/mol. The Kier molecular flexibility index (Phi) is 2.89. The van der Waals surface area contributed by atoms with Crippen molar-refractivity contribution in [1.29, 1.82) is 0 Å². The minimum atomic E-state index is 0.351. The Bertz CT molecular complexity index is 424. The first-order valence-electron chi connectivity index (χ1n) is 4.06. The van der Waals surface area contributed by atoms with E-state index in [1.165, 1.54) is 0 Å². The summed E-state index contributed by atoms with van der Waals surface area (Å²) in [5.74, 6) is 1.64. The van der Waals surface area contributed by atoms with E-state index in [-0.39, 0.29) is 0 Å². The molecular formula is C10H7BrClNO. The number of hydrogen-bond donors (Lipinski definition) is 0. The summed E-state index contributed by atoms with van der Waals surface area (Å²) in [4.78, 5) is 4.12. The Morgan fingerprint density at radius 2 is 2.00 bits per heavy atom. The number of oxazole rings is 1. The highest BCUT2D eigenvalue weighted by atomic mass is 79.9. The van der Waals surface area contributed by atoms with Crippen molar-refractivity contribution in [3.8, 4) is 11.5 Å². The standard InChI is InChI=1S/C10H7BrClNO/c11-8-3-1-7(2-4-8)10-13-6-9(5-12)14-10/h1-4,6H,5H2. The Labute approximate surface area is 95.0 Å². The molecule has 0 aliphatic carbocycles. The van der Waals surface area contributed by atoms with E-state index in [0.29, 0.717) is 17.5 Å². The molecule has 72 valence electrons. The van der Waals surface area contributed by atoms with E-state index < -0.39 is 0 Å². The fraction of sp³-hybridized carbons (Fsp3) is 0.100. The Morgan fingerprint density at radius 1 is 1.29 bits per heavy atom. The Morgan fingerprint density at radius 3 is 2.57 bits per heavy atom. The van der Waals surface area contributed by atoms with Crippen LogP contribution in [0.25, 0.3) is 11.5 Å². The number of nitrogens with zero attached hydrogens (tertiary/aromatic N) is 1. The lowest BCUT2D eigenvalue weighted by Crippen LogP contribution is -1.75. The molecule has 1 aromatic heterocycles. The Hall–Kier alpha value is -0.800. The molecule has 0 fully saturated rings. The summed E-state index contributed by atoms with van der Waals surface area (Å²) in [6, 6.07) is 7.77. The van der Waals surface area contributed by atoms with Gasteiger partial charge < -0.3 is 4.42 Å². The lowest BCUT2D eigenvalue weighted by atomic mass is 10.2. The van der Waals surface area contributed by atoms with E-state index in [1.807, 2.05) is 24.3 Å². The lowest BCUT2D eigenvalue weighted by Gasteiger charge is -1.94. The van der Waals surface area contributed by atoms with Crippen LogP contribution in [0.2, 0.25) is 0 Å². The van der Waals surface area contributed by atoms with Gasteiger partial charge in [0.2, 0.25) is 5.89 Å². The largest absolute Gasteiger partial charge is 0.440 e. The van der Waals surface area contributed by atoms with Gasteiger partial charge in [-0.1, -0.05) is 15.9 Å². The molecule has 1 heterocycles. The monoisotopic (exact) mass is 271 g/mol. The molecule has 0 aliphatic heterocycles. The number of aromatic nitrogens is 1. The van der Waals surface area contributed by atoms with Gasteiger partial charge in [0, 0.05) is 10.0 Å². The topological polar surface area (TPSA) is 26.0 Å². The lowest BCUT2D eigenvalue weighted by molar-refractivity contribution is 0.537. The average Bonchev–Trinajstić information content (AvgIpc) is 2.67. The minimum Gasteiger partial charge on any atom is -0.440 e. The van der Waals surface area contributed by atoms with Gasteiger partial charge in [0.05, 0.1) is 12.1 Å². The smallest absolute Gasteiger partial charge is 0.226 e. The van der Waals surface area contributed by atoms with Crippen LogP contribution < -0.4 is 0 Å². The van der Waals surface area contributed by atoms with Crippen LogP contribution >= 0.6 is 27.5 Å². The summed E-state index contributed by atoms with van der Waals surface area (Å²) in [7, 11) is 0. The van der Waals surface area contributed by atoms with Gasteiger partial charge in [-0.05, 0) is 24.3 Å². The molecule has 0 atom stereocenters. The zero-order valence-electron chi connectivity index (χ0n) is 7.21. The van der Waals surface area contributed by atoms with Crippen LogP contribution in [0.1, 0.15) is 5.76 Å². The van der Waals surface area contributed by atoms with E-state index in [0.717, 1.165) is 10.0 Å². The molecule has 0 N–H and O–H groups in total.